The first kappa shape index (κ1) is 15.0. The van der Waals surface area contributed by atoms with Gasteiger partial charge in [-0.3, -0.25) is 4.79 Å². The zero-order valence-electron chi connectivity index (χ0n) is 13.1. The number of hydrogen-bond acceptors (Lipinski definition) is 5. The van der Waals surface area contributed by atoms with Crippen LogP contribution in [0.1, 0.15) is 41.6 Å². The lowest BCUT2D eigenvalue weighted by Crippen LogP contribution is -2.16. The van der Waals surface area contributed by atoms with E-state index in [4.69, 9.17) is 4.42 Å². The third-order valence-corrected chi connectivity index (χ3v) is 3.41. The van der Waals surface area contributed by atoms with Crippen molar-refractivity contribution in [2.75, 3.05) is 5.32 Å². The summed E-state index contributed by atoms with van der Waals surface area (Å²) in [7, 11) is 0. The van der Waals surface area contributed by atoms with Crippen LogP contribution in [0.3, 0.4) is 0 Å². The summed E-state index contributed by atoms with van der Waals surface area (Å²) in [5.41, 5.74) is 1.33. The first-order valence-corrected chi connectivity index (χ1v) is 7.29. The van der Waals surface area contributed by atoms with E-state index in [1.807, 2.05) is 19.9 Å². The summed E-state index contributed by atoms with van der Waals surface area (Å²) in [4.78, 5) is 20.8. The van der Waals surface area contributed by atoms with Crippen LogP contribution in [-0.2, 0) is 0 Å². The molecule has 0 fully saturated rings. The summed E-state index contributed by atoms with van der Waals surface area (Å²) in [5, 5.41) is 7.34. The van der Waals surface area contributed by atoms with Crippen molar-refractivity contribution in [1.82, 2.24) is 19.7 Å². The minimum Gasteiger partial charge on any atom is -0.469 e. The van der Waals surface area contributed by atoms with Crippen molar-refractivity contribution in [3.63, 3.8) is 0 Å². The van der Waals surface area contributed by atoms with Gasteiger partial charge in [0.1, 0.15) is 11.6 Å². The van der Waals surface area contributed by atoms with Gasteiger partial charge in [-0.25, -0.2) is 9.97 Å². The minimum atomic E-state index is -0.261. The molecule has 118 valence electrons. The Morgan fingerprint density at radius 3 is 2.65 bits per heavy atom. The van der Waals surface area contributed by atoms with Gasteiger partial charge in [0, 0.05) is 18.5 Å². The van der Waals surface area contributed by atoms with Crippen molar-refractivity contribution in [2.24, 2.45) is 0 Å². The first-order chi connectivity index (χ1) is 11.1. The van der Waals surface area contributed by atoms with Gasteiger partial charge in [-0.05, 0) is 25.0 Å². The maximum Gasteiger partial charge on any atom is 0.260 e. The van der Waals surface area contributed by atoms with Crippen LogP contribution in [0, 0.1) is 6.92 Å². The van der Waals surface area contributed by atoms with E-state index in [-0.39, 0.29) is 11.8 Å². The largest absolute Gasteiger partial charge is 0.469 e. The lowest BCUT2D eigenvalue weighted by Gasteiger charge is -2.06. The fraction of sp³-hybridized carbons (Fsp3) is 0.250. The zero-order chi connectivity index (χ0) is 16.4. The maximum absolute atomic E-state index is 12.4. The Morgan fingerprint density at radius 2 is 2.04 bits per heavy atom. The quantitative estimate of drug-likeness (QED) is 0.800. The summed E-state index contributed by atoms with van der Waals surface area (Å²) in [5.74, 6) is 1.44. The predicted octanol–water partition coefficient (Wildman–Crippen LogP) is 2.94. The number of hydrogen-bond donors (Lipinski definition) is 1. The van der Waals surface area contributed by atoms with Gasteiger partial charge < -0.3 is 9.73 Å². The number of carbonyl (C=O) groups is 1. The summed E-state index contributed by atoms with van der Waals surface area (Å²) < 4.78 is 6.70. The second-order valence-electron chi connectivity index (χ2n) is 5.41. The van der Waals surface area contributed by atoms with E-state index in [1.165, 1.54) is 10.9 Å². The summed E-state index contributed by atoms with van der Waals surface area (Å²) >= 11 is 0. The molecule has 0 radical (unpaired) electrons. The average Bonchev–Trinajstić information content (AvgIpc) is 3.14. The molecule has 0 spiro atoms. The monoisotopic (exact) mass is 311 g/mol. The van der Waals surface area contributed by atoms with Crippen molar-refractivity contribution in [3.8, 4) is 5.95 Å². The molecule has 3 heterocycles. The molecule has 23 heavy (non-hydrogen) atoms. The predicted molar refractivity (Wildman–Crippen MR) is 84.6 cm³/mol. The molecule has 0 aliphatic carbocycles. The number of carbonyl (C=O) groups excluding carboxylic acids is 1. The van der Waals surface area contributed by atoms with Crippen LogP contribution in [0.4, 0.5) is 5.82 Å². The SMILES string of the molecule is Cc1occc1C(=O)Nc1cc(C(C)C)nn1-c1ncccn1. The molecule has 0 saturated carbocycles. The van der Waals surface area contributed by atoms with E-state index >= 15 is 0 Å². The molecule has 7 nitrogen and oxygen atoms in total. The molecule has 1 amide bonds. The number of amides is 1. The summed E-state index contributed by atoms with van der Waals surface area (Å²) in [6.07, 6.45) is 4.75. The average molecular weight is 311 g/mol. The number of aromatic nitrogens is 4. The first-order valence-electron chi connectivity index (χ1n) is 7.29. The van der Waals surface area contributed by atoms with Crippen molar-refractivity contribution < 1.29 is 9.21 Å². The van der Waals surface area contributed by atoms with Gasteiger partial charge in [0.05, 0.1) is 17.5 Å². The number of aryl methyl sites for hydroxylation is 1. The Bertz CT molecular complexity index is 820. The van der Waals surface area contributed by atoms with Crippen LogP contribution in [0.2, 0.25) is 0 Å². The molecule has 1 N–H and O–H groups in total. The highest BCUT2D eigenvalue weighted by Gasteiger charge is 2.18. The van der Waals surface area contributed by atoms with Crippen molar-refractivity contribution in [1.29, 1.82) is 0 Å². The van der Waals surface area contributed by atoms with E-state index in [0.29, 0.717) is 23.1 Å². The Morgan fingerprint density at radius 1 is 1.30 bits per heavy atom. The molecular formula is C16H17N5O2. The topological polar surface area (TPSA) is 85.8 Å². The maximum atomic E-state index is 12.4. The molecule has 3 aromatic heterocycles. The van der Waals surface area contributed by atoms with Crippen LogP contribution in [0.25, 0.3) is 5.95 Å². The minimum absolute atomic E-state index is 0.214. The number of rotatable bonds is 4. The standard InChI is InChI=1S/C16H17N5O2/c1-10(2)13-9-14(19-15(22)12-5-8-23-11(12)3)21(20-13)16-17-6-4-7-18-16/h4-10H,1-3H3,(H,19,22). The van der Waals surface area contributed by atoms with Crippen molar-refractivity contribution in [2.45, 2.75) is 26.7 Å². The highest BCUT2D eigenvalue weighted by Crippen LogP contribution is 2.21. The second kappa shape index (κ2) is 6.04. The summed E-state index contributed by atoms with van der Waals surface area (Å²) in [6, 6.07) is 5.19. The van der Waals surface area contributed by atoms with Gasteiger partial charge in [-0.2, -0.15) is 9.78 Å². The van der Waals surface area contributed by atoms with Crippen LogP contribution >= 0.6 is 0 Å². The van der Waals surface area contributed by atoms with Crippen LogP contribution in [0.5, 0.6) is 0 Å². The molecule has 0 bridgehead atoms. The van der Waals surface area contributed by atoms with E-state index in [2.05, 4.69) is 20.4 Å². The van der Waals surface area contributed by atoms with Gasteiger partial charge in [0.25, 0.3) is 11.9 Å². The Labute approximate surface area is 133 Å². The Balaban J connectivity index is 1.98. The molecule has 3 aromatic rings. The molecular weight excluding hydrogens is 294 g/mol. The van der Waals surface area contributed by atoms with Crippen molar-refractivity contribution in [3.05, 3.63) is 53.9 Å². The number of nitrogens with one attached hydrogen (secondary N) is 1. The van der Waals surface area contributed by atoms with Gasteiger partial charge in [0.15, 0.2) is 0 Å². The molecule has 7 heteroatoms. The second-order valence-corrected chi connectivity index (χ2v) is 5.41. The van der Waals surface area contributed by atoms with Gasteiger partial charge >= 0.3 is 0 Å². The van der Waals surface area contributed by atoms with Gasteiger partial charge in [0.2, 0.25) is 0 Å². The number of nitrogens with zero attached hydrogens (tertiary/aromatic N) is 4. The zero-order valence-corrected chi connectivity index (χ0v) is 13.1. The Kier molecular flexibility index (Phi) is 3.92. The smallest absolute Gasteiger partial charge is 0.260 e. The molecule has 0 aromatic carbocycles. The van der Waals surface area contributed by atoms with Crippen LogP contribution in [-0.4, -0.2) is 25.7 Å². The number of anilines is 1. The fourth-order valence-corrected chi connectivity index (χ4v) is 2.13. The van der Waals surface area contributed by atoms with Crippen molar-refractivity contribution >= 4 is 11.7 Å². The highest BCUT2D eigenvalue weighted by atomic mass is 16.3. The molecule has 3 rings (SSSR count). The third-order valence-electron chi connectivity index (χ3n) is 3.41. The molecule has 0 atom stereocenters. The van der Waals surface area contributed by atoms with Gasteiger partial charge in [-0.15, -0.1) is 0 Å². The number of furan rings is 1. The van der Waals surface area contributed by atoms with E-state index in [9.17, 15) is 4.79 Å². The third kappa shape index (κ3) is 2.98. The van der Waals surface area contributed by atoms with Gasteiger partial charge in [-0.1, -0.05) is 13.8 Å². The van der Waals surface area contributed by atoms with Crippen LogP contribution in [0.15, 0.2) is 41.3 Å². The molecule has 0 saturated heterocycles. The molecule has 0 aliphatic rings. The molecule has 0 aliphatic heterocycles. The normalized spacial score (nSPS) is 11.0. The van der Waals surface area contributed by atoms with Crippen LogP contribution < -0.4 is 5.32 Å². The summed E-state index contributed by atoms with van der Waals surface area (Å²) in [6.45, 7) is 5.81. The fourth-order valence-electron chi connectivity index (χ4n) is 2.13. The Hall–Kier alpha value is -2.96. The highest BCUT2D eigenvalue weighted by molar-refractivity contribution is 6.04. The molecule has 0 unspecified atom stereocenters. The van der Waals surface area contributed by atoms with E-state index in [1.54, 1.807) is 31.5 Å². The lowest BCUT2D eigenvalue weighted by molar-refractivity contribution is 0.102. The lowest BCUT2D eigenvalue weighted by atomic mass is 10.1. The van der Waals surface area contributed by atoms with E-state index < -0.39 is 0 Å². The van der Waals surface area contributed by atoms with E-state index in [0.717, 1.165) is 5.69 Å².